The van der Waals surface area contributed by atoms with E-state index in [0.717, 1.165) is 27.4 Å². The third kappa shape index (κ3) is 5.92. The standard InChI is InChI=1S/C32H27N3O8S/c1-4-42-31(39)29-19(3)33-32(44-29)34-26(22-9-6-10-23(16-22)35(40)41)25(28(37)30(34)38)27(36)21-11-13-24(14-12-21)43-17-20-8-5-7-18(2)15-20/h5-16,26,36H,4,17H2,1-3H3. The lowest BCUT2D eigenvalue weighted by atomic mass is 9.95. The van der Waals surface area contributed by atoms with Crippen molar-refractivity contribution < 1.29 is 33.9 Å². The molecule has 0 radical (unpaired) electrons. The lowest BCUT2D eigenvalue weighted by Gasteiger charge is -2.22. The van der Waals surface area contributed by atoms with Gasteiger partial charge >= 0.3 is 11.9 Å². The van der Waals surface area contributed by atoms with Crippen LogP contribution in [-0.4, -0.2) is 39.3 Å². The summed E-state index contributed by atoms with van der Waals surface area (Å²) in [4.78, 5) is 56.0. The Balaban J connectivity index is 1.56. The normalized spacial score (nSPS) is 15.8. The number of carbonyl (C=O) groups excluding carboxylic acids is 3. The molecule has 1 aliphatic heterocycles. The van der Waals surface area contributed by atoms with Gasteiger partial charge in [-0.25, -0.2) is 9.78 Å². The average molecular weight is 614 g/mol. The van der Waals surface area contributed by atoms with Gasteiger partial charge in [-0.05, 0) is 56.2 Å². The van der Waals surface area contributed by atoms with Crippen molar-refractivity contribution in [3.63, 3.8) is 0 Å². The van der Waals surface area contributed by atoms with E-state index in [4.69, 9.17) is 9.47 Å². The fourth-order valence-electron chi connectivity index (χ4n) is 4.86. The largest absolute Gasteiger partial charge is 0.507 e. The minimum atomic E-state index is -1.27. The van der Waals surface area contributed by atoms with E-state index in [1.54, 1.807) is 38.1 Å². The molecule has 1 atom stereocenters. The molecule has 44 heavy (non-hydrogen) atoms. The van der Waals surface area contributed by atoms with E-state index in [9.17, 15) is 29.6 Å². The lowest BCUT2D eigenvalue weighted by Crippen LogP contribution is -2.29. The van der Waals surface area contributed by atoms with Crippen LogP contribution in [0.2, 0.25) is 0 Å². The van der Waals surface area contributed by atoms with Gasteiger partial charge in [-0.2, -0.15) is 0 Å². The van der Waals surface area contributed by atoms with Crippen molar-refractivity contribution in [3.05, 3.63) is 121 Å². The number of nitro groups is 1. The first-order valence-corrected chi connectivity index (χ1v) is 14.4. The summed E-state index contributed by atoms with van der Waals surface area (Å²) in [5.41, 5.74) is 2.24. The quantitative estimate of drug-likeness (QED) is 0.0594. The number of nitrogens with zero attached hydrogens (tertiary/aromatic N) is 3. The Morgan fingerprint density at radius 1 is 1.07 bits per heavy atom. The number of anilines is 1. The fourth-order valence-corrected chi connectivity index (χ4v) is 5.85. The van der Waals surface area contributed by atoms with E-state index in [1.165, 1.54) is 24.3 Å². The van der Waals surface area contributed by atoms with Crippen LogP contribution in [-0.2, 0) is 20.9 Å². The Morgan fingerprint density at radius 2 is 1.80 bits per heavy atom. The number of non-ortho nitro benzene ring substituents is 1. The maximum Gasteiger partial charge on any atom is 0.350 e. The summed E-state index contributed by atoms with van der Waals surface area (Å²) in [5, 5.41) is 23.0. The van der Waals surface area contributed by atoms with Crippen LogP contribution in [0.15, 0.2) is 78.4 Å². The number of thiazole rings is 1. The summed E-state index contributed by atoms with van der Waals surface area (Å²) in [7, 11) is 0. The molecule has 2 heterocycles. The molecule has 0 spiro atoms. The molecule has 11 nitrogen and oxygen atoms in total. The predicted octanol–water partition coefficient (Wildman–Crippen LogP) is 6.05. The SMILES string of the molecule is CCOC(=O)c1sc(N2C(=O)C(=O)C(=C(O)c3ccc(OCc4cccc(C)c4)cc3)C2c2cccc([N+](=O)[O-])c2)nc1C. The van der Waals surface area contributed by atoms with E-state index < -0.39 is 34.4 Å². The van der Waals surface area contributed by atoms with Crippen molar-refractivity contribution in [2.45, 2.75) is 33.4 Å². The summed E-state index contributed by atoms with van der Waals surface area (Å²) in [6, 6.07) is 18.4. The molecule has 4 aromatic rings. The molecule has 224 valence electrons. The number of nitro benzene ring substituents is 1. The van der Waals surface area contributed by atoms with Crippen LogP contribution >= 0.6 is 11.3 Å². The Kier molecular flexibility index (Phi) is 8.54. The van der Waals surface area contributed by atoms with Crippen LogP contribution in [0, 0.1) is 24.0 Å². The Bertz CT molecular complexity index is 1810. The van der Waals surface area contributed by atoms with Crippen molar-refractivity contribution >= 4 is 45.6 Å². The molecule has 1 N–H and O–H groups in total. The third-order valence-corrected chi connectivity index (χ3v) is 8.05. The smallest absolute Gasteiger partial charge is 0.350 e. The van der Waals surface area contributed by atoms with Crippen molar-refractivity contribution in [1.82, 2.24) is 4.98 Å². The van der Waals surface area contributed by atoms with E-state index >= 15 is 0 Å². The molecule has 1 saturated heterocycles. The second-order valence-electron chi connectivity index (χ2n) is 9.95. The first-order chi connectivity index (χ1) is 21.1. The summed E-state index contributed by atoms with van der Waals surface area (Å²) in [5.74, 6) is -2.62. The summed E-state index contributed by atoms with van der Waals surface area (Å²) < 4.78 is 10.9. The summed E-state index contributed by atoms with van der Waals surface area (Å²) in [6.45, 7) is 5.65. The lowest BCUT2D eigenvalue weighted by molar-refractivity contribution is -0.384. The average Bonchev–Trinajstić information content (AvgIpc) is 3.52. The second kappa shape index (κ2) is 12.5. The molecule has 5 rings (SSSR count). The molecule has 0 bridgehead atoms. The molecule has 1 amide bonds. The van der Waals surface area contributed by atoms with Gasteiger partial charge in [-0.15, -0.1) is 0 Å². The van der Waals surface area contributed by atoms with Gasteiger partial charge in [0.1, 0.15) is 23.0 Å². The number of aryl methyl sites for hydroxylation is 2. The van der Waals surface area contributed by atoms with E-state index in [1.807, 2.05) is 31.2 Å². The zero-order chi connectivity index (χ0) is 31.5. The van der Waals surface area contributed by atoms with Crippen LogP contribution in [0.3, 0.4) is 0 Å². The molecular formula is C32H27N3O8S. The van der Waals surface area contributed by atoms with Gasteiger partial charge in [0.05, 0.1) is 28.8 Å². The van der Waals surface area contributed by atoms with Gasteiger partial charge < -0.3 is 14.6 Å². The van der Waals surface area contributed by atoms with Gasteiger partial charge in [0.15, 0.2) is 5.13 Å². The molecule has 3 aromatic carbocycles. The number of benzene rings is 3. The zero-order valence-corrected chi connectivity index (χ0v) is 24.8. The number of esters is 1. The number of carbonyl (C=O) groups is 3. The maximum atomic E-state index is 13.5. The number of hydrogen-bond donors (Lipinski definition) is 1. The predicted molar refractivity (Wildman–Crippen MR) is 163 cm³/mol. The first-order valence-electron chi connectivity index (χ1n) is 13.6. The van der Waals surface area contributed by atoms with Crippen LogP contribution < -0.4 is 9.64 Å². The number of hydrogen-bond acceptors (Lipinski definition) is 10. The van der Waals surface area contributed by atoms with Gasteiger partial charge in [-0.3, -0.25) is 24.6 Å². The van der Waals surface area contributed by atoms with Crippen LogP contribution in [0.5, 0.6) is 5.75 Å². The van der Waals surface area contributed by atoms with E-state index in [-0.39, 0.29) is 44.7 Å². The topological polar surface area (TPSA) is 149 Å². The number of aliphatic hydroxyl groups excluding tert-OH is 1. The number of ether oxygens (including phenoxy) is 2. The molecule has 1 aromatic heterocycles. The second-order valence-corrected chi connectivity index (χ2v) is 10.9. The fraction of sp³-hybridized carbons (Fsp3) is 0.188. The highest BCUT2D eigenvalue weighted by molar-refractivity contribution is 7.17. The van der Waals surface area contributed by atoms with Crippen molar-refractivity contribution in [3.8, 4) is 5.75 Å². The minimum Gasteiger partial charge on any atom is -0.507 e. The molecule has 0 aliphatic carbocycles. The van der Waals surface area contributed by atoms with Crippen molar-refractivity contribution in [1.29, 1.82) is 0 Å². The minimum absolute atomic E-state index is 0.00288. The van der Waals surface area contributed by atoms with Crippen molar-refractivity contribution in [2.75, 3.05) is 11.5 Å². The number of amides is 1. The van der Waals surface area contributed by atoms with E-state index in [0.29, 0.717) is 12.4 Å². The monoisotopic (exact) mass is 613 g/mol. The Labute approximate surface area is 256 Å². The maximum absolute atomic E-state index is 13.5. The first kappa shape index (κ1) is 30.1. The highest BCUT2D eigenvalue weighted by atomic mass is 32.1. The molecular weight excluding hydrogens is 586 g/mol. The highest BCUT2D eigenvalue weighted by Crippen LogP contribution is 2.44. The van der Waals surface area contributed by atoms with Gasteiger partial charge in [0.25, 0.3) is 11.5 Å². The van der Waals surface area contributed by atoms with Crippen LogP contribution in [0.4, 0.5) is 10.8 Å². The van der Waals surface area contributed by atoms with Gasteiger partial charge in [0.2, 0.25) is 0 Å². The number of aliphatic hydroxyl groups is 1. The zero-order valence-electron chi connectivity index (χ0n) is 24.0. The molecule has 1 unspecified atom stereocenters. The molecule has 12 heteroatoms. The molecule has 1 fully saturated rings. The van der Waals surface area contributed by atoms with Gasteiger partial charge in [0, 0.05) is 17.7 Å². The van der Waals surface area contributed by atoms with E-state index in [2.05, 4.69) is 4.98 Å². The molecule has 0 saturated carbocycles. The number of aromatic nitrogens is 1. The van der Waals surface area contributed by atoms with Gasteiger partial charge in [-0.1, -0.05) is 53.3 Å². The number of ketones is 1. The van der Waals surface area contributed by atoms with Crippen molar-refractivity contribution in [2.24, 2.45) is 0 Å². The highest BCUT2D eigenvalue weighted by Gasteiger charge is 2.48. The Hall–Kier alpha value is -5.36. The summed E-state index contributed by atoms with van der Waals surface area (Å²) in [6.07, 6.45) is 0. The van der Waals surface area contributed by atoms with Crippen LogP contribution in [0.1, 0.15) is 50.6 Å². The third-order valence-electron chi connectivity index (χ3n) is 6.91. The van der Waals surface area contributed by atoms with Crippen LogP contribution in [0.25, 0.3) is 5.76 Å². The summed E-state index contributed by atoms with van der Waals surface area (Å²) >= 11 is 0.848. The Morgan fingerprint density at radius 3 is 2.48 bits per heavy atom. The number of rotatable bonds is 9. The number of Topliss-reactive ketones (excluding diaryl/α,β-unsaturated/α-hetero) is 1. The molecule has 1 aliphatic rings.